The number of aliphatic hydroxyl groups excluding tert-OH is 1. The molecule has 1 aliphatic rings. The molecule has 0 unspecified atom stereocenters. The molecular weight excluding hydrogens is 249 g/mol. The molecule has 0 saturated heterocycles. The molecule has 104 valence electrons. The van der Waals surface area contributed by atoms with Crippen molar-refractivity contribution in [1.29, 1.82) is 0 Å². The van der Waals surface area contributed by atoms with E-state index < -0.39 is 0 Å². The average molecular weight is 267 g/mol. The fourth-order valence-corrected chi connectivity index (χ4v) is 2.20. The van der Waals surface area contributed by atoms with Crippen molar-refractivity contribution in [3.8, 4) is 5.75 Å². The number of carbonyl (C=O) groups is 1. The van der Waals surface area contributed by atoms with Crippen LogP contribution >= 0.6 is 0 Å². The van der Waals surface area contributed by atoms with E-state index in [-0.39, 0.29) is 30.5 Å². The van der Waals surface area contributed by atoms with Crippen LogP contribution in [-0.2, 0) is 4.79 Å². The zero-order chi connectivity index (χ0) is 13.7. The molecule has 0 atom stereocenters. The largest absolute Gasteiger partial charge is 0.484 e. The lowest BCUT2D eigenvalue weighted by Crippen LogP contribution is -2.40. The van der Waals surface area contributed by atoms with E-state index in [4.69, 9.17) is 4.74 Å². The maximum atomic E-state index is 12.9. The standard InChI is InChI=1S/C14H18FNO3/c15-10-2-1-3-13(8-10)19-9-14(18)16-11-4-6-12(17)7-5-11/h1-3,8,11-12,17H,4-7,9H2,(H,16,18). The van der Waals surface area contributed by atoms with Gasteiger partial charge in [-0.2, -0.15) is 0 Å². The molecule has 1 saturated carbocycles. The van der Waals surface area contributed by atoms with Gasteiger partial charge in [0.05, 0.1) is 6.10 Å². The highest BCUT2D eigenvalue weighted by atomic mass is 19.1. The summed E-state index contributed by atoms with van der Waals surface area (Å²) in [6.07, 6.45) is 2.77. The molecule has 5 heteroatoms. The van der Waals surface area contributed by atoms with Crippen LogP contribution in [-0.4, -0.2) is 29.8 Å². The predicted molar refractivity (Wildman–Crippen MR) is 68.3 cm³/mol. The summed E-state index contributed by atoms with van der Waals surface area (Å²) in [5.41, 5.74) is 0. The van der Waals surface area contributed by atoms with Crippen molar-refractivity contribution in [3.63, 3.8) is 0 Å². The highest BCUT2D eigenvalue weighted by Crippen LogP contribution is 2.18. The second-order valence-electron chi connectivity index (χ2n) is 4.82. The SMILES string of the molecule is O=C(COc1cccc(F)c1)NC1CCC(O)CC1. The molecule has 1 aliphatic carbocycles. The van der Waals surface area contributed by atoms with Crippen molar-refractivity contribution in [2.75, 3.05) is 6.61 Å². The Kier molecular flexibility index (Phi) is 4.74. The molecule has 19 heavy (non-hydrogen) atoms. The maximum absolute atomic E-state index is 12.9. The number of carbonyl (C=O) groups excluding carboxylic acids is 1. The molecule has 1 aromatic carbocycles. The van der Waals surface area contributed by atoms with E-state index in [1.54, 1.807) is 6.07 Å². The molecule has 2 rings (SSSR count). The van der Waals surface area contributed by atoms with Crippen LogP contribution in [0.25, 0.3) is 0 Å². The van der Waals surface area contributed by atoms with Gasteiger partial charge in [0.1, 0.15) is 11.6 Å². The van der Waals surface area contributed by atoms with E-state index >= 15 is 0 Å². The summed E-state index contributed by atoms with van der Waals surface area (Å²) in [6.45, 7) is -0.123. The Balaban J connectivity index is 1.73. The van der Waals surface area contributed by atoms with Gasteiger partial charge in [-0.25, -0.2) is 4.39 Å². The third-order valence-corrected chi connectivity index (χ3v) is 3.23. The molecule has 1 aromatic rings. The van der Waals surface area contributed by atoms with Crippen LogP contribution in [0.2, 0.25) is 0 Å². The predicted octanol–water partition coefficient (Wildman–Crippen LogP) is 1.62. The molecule has 1 amide bonds. The van der Waals surface area contributed by atoms with E-state index in [1.165, 1.54) is 18.2 Å². The van der Waals surface area contributed by atoms with Crippen molar-refractivity contribution < 1.29 is 19.0 Å². The molecule has 0 radical (unpaired) electrons. The zero-order valence-corrected chi connectivity index (χ0v) is 10.6. The minimum atomic E-state index is -0.390. The van der Waals surface area contributed by atoms with E-state index in [0.717, 1.165) is 25.7 Å². The minimum absolute atomic E-state index is 0.104. The number of ether oxygens (including phenoxy) is 1. The molecule has 0 aromatic heterocycles. The van der Waals surface area contributed by atoms with Crippen LogP contribution in [0.15, 0.2) is 24.3 Å². The first-order chi connectivity index (χ1) is 9.13. The van der Waals surface area contributed by atoms with Gasteiger partial charge in [-0.05, 0) is 37.8 Å². The summed E-state index contributed by atoms with van der Waals surface area (Å²) >= 11 is 0. The monoisotopic (exact) mass is 267 g/mol. The maximum Gasteiger partial charge on any atom is 0.258 e. The third kappa shape index (κ3) is 4.52. The van der Waals surface area contributed by atoms with E-state index in [2.05, 4.69) is 5.32 Å². The number of amides is 1. The summed E-state index contributed by atoms with van der Waals surface area (Å²) < 4.78 is 18.1. The lowest BCUT2D eigenvalue weighted by molar-refractivity contribution is -0.124. The number of nitrogens with one attached hydrogen (secondary N) is 1. The summed E-state index contributed by atoms with van der Waals surface area (Å²) in [5, 5.41) is 12.2. The van der Waals surface area contributed by atoms with Gasteiger partial charge < -0.3 is 15.2 Å². The fourth-order valence-electron chi connectivity index (χ4n) is 2.20. The summed E-state index contributed by atoms with van der Waals surface area (Å²) in [7, 11) is 0. The van der Waals surface area contributed by atoms with Crippen LogP contribution in [0, 0.1) is 5.82 Å². The second-order valence-corrected chi connectivity index (χ2v) is 4.82. The van der Waals surface area contributed by atoms with Crippen LogP contribution < -0.4 is 10.1 Å². The van der Waals surface area contributed by atoms with Gasteiger partial charge in [-0.1, -0.05) is 6.07 Å². The van der Waals surface area contributed by atoms with Crippen molar-refractivity contribution >= 4 is 5.91 Å². The summed E-state index contributed by atoms with van der Waals surface area (Å²) in [5.74, 6) is -0.265. The first-order valence-corrected chi connectivity index (χ1v) is 6.49. The van der Waals surface area contributed by atoms with Crippen molar-refractivity contribution in [3.05, 3.63) is 30.1 Å². The molecule has 1 fully saturated rings. The number of halogens is 1. The van der Waals surface area contributed by atoms with Gasteiger partial charge in [-0.15, -0.1) is 0 Å². The summed E-state index contributed by atoms with van der Waals surface area (Å²) in [4.78, 5) is 11.7. The highest BCUT2D eigenvalue weighted by Gasteiger charge is 2.20. The summed E-state index contributed by atoms with van der Waals surface area (Å²) in [6, 6.07) is 5.80. The lowest BCUT2D eigenvalue weighted by atomic mass is 9.93. The van der Waals surface area contributed by atoms with E-state index in [9.17, 15) is 14.3 Å². The fraction of sp³-hybridized carbons (Fsp3) is 0.500. The van der Waals surface area contributed by atoms with Crippen LogP contribution in [0.5, 0.6) is 5.75 Å². The van der Waals surface area contributed by atoms with Gasteiger partial charge in [-0.3, -0.25) is 4.79 Å². The smallest absolute Gasteiger partial charge is 0.258 e. The van der Waals surface area contributed by atoms with Gasteiger partial charge in [0.15, 0.2) is 6.61 Å². The number of rotatable bonds is 4. The Labute approximate surface area is 111 Å². The lowest BCUT2D eigenvalue weighted by Gasteiger charge is -2.26. The highest BCUT2D eigenvalue weighted by molar-refractivity contribution is 5.77. The number of hydrogen-bond donors (Lipinski definition) is 2. The van der Waals surface area contributed by atoms with Crippen LogP contribution in [0.4, 0.5) is 4.39 Å². The number of aliphatic hydroxyl groups is 1. The topological polar surface area (TPSA) is 58.6 Å². The van der Waals surface area contributed by atoms with E-state index in [0.29, 0.717) is 5.75 Å². The van der Waals surface area contributed by atoms with Gasteiger partial charge in [0.25, 0.3) is 5.91 Å². The Bertz CT molecular complexity index is 430. The third-order valence-electron chi connectivity index (χ3n) is 3.23. The Morgan fingerprint density at radius 3 is 2.79 bits per heavy atom. The van der Waals surface area contributed by atoms with Gasteiger partial charge >= 0.3 is 0 Å². The van der Waals surface area contributed by atoms with Gasteiger partial charge in [0.2, 0.25) is 0 Å². The molecule has 4 nitrogen and oxygen atoms in total. The number of hydrogen-bond acceptors (Lipinski definition) is 3. The molecule has 0 aliphatic heterocycles. The molecule has 2 N–H and O–H groups in total. The first kappa shape index (κ1) is 13.8. The first-order valence-electron chi connectivity index (χ1n) is 6.49. The van der Waals surface area contributed by atoms with E-state index in [1.807, 2.05) is 0 Å². The van der Waals surface area contributed by atoms with Crippen molar-refractivity contribution in [1.82, 2.24) is 5.32 Å². The molecule has 0 bridgehead atoms. The van der Waals surface area contributed by atoms with Crippen molar-refractivity contribution in [2.24, 2.45) is 0 Å². The minimum Gasteiger partial charge on any atom is -0.484 e. The normalized spacial score (nSPS) is 22.8. The molecular formula is C14H18FNO3. The molecule has 0 spiro atoms. The zero-order valence-electron chi connectivity index (χ0n) is 10.6. The van der Waals surface area contributed by atoms with Crippen LogP contribution in [0.3, 0.4) is 0 Å². The number of benzene rings is 1. The van der Waals surface area contributed by atoms with Gasteiger partial charge in [0, 0.05) is 12.1 Å². The Hall–Kier alpha value is -1.62. The van der Waals surface area contributed by atoms with Crippen molar-refractivity contribution in [2.45, 2.75) is 37.8 Å². The molecule has 0 heterocycles. The Morgan fingerprint density at radius 2 is 2.11 bits per heavy atom. The Morgan fingerprint density at radius 1 is 1.37 bits per heavy atom. The average Bonchev–Trinajstić information content (AvgIpc) is 2.39. The second kappa shape index (κ2) is 6.52. The quantitative estimate of drug-likeness (QED) is 0.871. The van der Waals surface area contributed by atoms with Crippen LogP contribution in [0.1, 0.15) is 25.7 Å².